The highest BCUT2D eigenvalue weighted by atomic mass is 32.2. The van der Waals surface area contributed by atoms with Gasteiger partial charge in [-0.3, -0.25) is 4.79 Å². The van der Waals surface area contributed by atoms with E-state index in [1.807, 2.05) is 17.9 Å². The maximum atomic E-state index is 13.9. The number of piperidine rings is 2. The first-order valence-electron chi connectivity index (χ1n) is 12.8. The highest BCUT2D eigenvalue weighted by molar-refractivity contribution is 7.88. The lowest BCUT2D eigenvalue weighted by Gasteiger charge is -2.43. The third-order valence-corrected chi connectivity index (χ3v) is 9.13. The van der Waals surface area contributed by atoms with Gasteiger partial charge in [0, 0.05) is 44.3 Å². The van der Waals surface area contributed by atoms with E-state index in [0.29, 0.717) is 48.3 Å². The maximum absolute atomic E-state index is 13.9. The highest BCUT2D eigenvalue weighted by Gasteiger charge is 2.33. The second-order valence-corrected chi connectivity index (χ2v) is 12.2. The number of nitrogens with one attached hydrogen (secondary N) is 1. The quantitative estimate of drug-likeness (QED) is 0.586. The van der Waals surface area contributed by atoms with Gasteiger partial charge in [0.25, 0.3) is 5.91 Å². The molecule has 2 aliphatic heterocycles. The van der Waals surface area contributed by atoms with Crippen LogP contribution in [0.3, 0.4) is 0 Å². The number of anilines is 1. The number of hydrogen-bond donors (Lipinski definition) is 1. The lowest BCUT2D eigenvalue weighted by atomic mass is 9.97. The number of rotatable bonds is 7. The number of carbonyl (C=O) groups excluding carboxylic acids is 1. The zero-order valence-corrected chi connectivity index (χ0v) is 22.9. The molecule has 4 rings (SSSR count). The summed E-state index contributed by atoms with van der Waals surface area (Å²) in [7, 11) is -1.51. The van der Waals surface area contributed by atoms with Crippen LogP contribution in [0, 0.1) is 19.7 Å². The van der Waals surface area contributed by atoms with E-state index >= 15 is 0 Å². The van der Waals surface area contributed by atoms with E-state index in [9.17, 15) is 17.6 Å². The molecule has 2 saturated heterocycles. The molecule has 0 spiro atoms. The van der Waals surface area contributed by atoms with Crippen LogP contribution < -0.4 is 5.32 Å². The fraction of sp³-hybridized carbons (Fsp3) is 0.577. The number of amides is 1. The zero-order valence-electron chi connectivity index (χ0n) is 22.1. The number of likely N-dealkylation sites (tertiary alicyclic amines) is 2. The summed E-state index contributed by atoms with van der Waals surface area (Å²) < 4.78 is 39.1. The first-order chi connectivity index (χ1) is 17.5. The average Bonchev–Trinajstić information content (AvgIpc) is 2.89. The molecule has 2 aliphatic rings. The fourth-order valence-electron chi connectivity index (χ4n) is 5.25. The number of aryl methyl sites for hydroxylation is 1. The molecule has 2 aromatic rings. The summed E-state index contributed by atoms with van der Waals surface area (Å²) in [6, 6.07) is 5.56. The predicted octanol–water partition coefficient (Wildman–Crippen LogP) is 2.81. The van der Waals surface area contributed by atoms with Crippen molar-refractivity contribution in [2.45, 2.75) is 58.2 Å². The molecule has 3 heterocycles. The van der Waals surface area contributed by atoms with Crippen molar-refractivity contribution in [2.24, 2.45) is 0 Å². The monoisotopic (exact) mass is 532 g/mol. The van der Waals surface area contributed by atoms with Crippen molar-refractivity contribution in [3.8, 4) is 0 Å². The highest BCUT2D eigenvalue weighted by Crippen LogP contribution is 2.25. The Hall–Kier alpha value is -2.63. The molecule has 1 amide bonds. The molecule has 1 aromatic carbocycles. The first-order valence-corrected chi connectivity index (χ1v) is 14.7. The predicted molar refractivity (Wildman–Crippen MR) is 141 cm³/mol. The number of nitrogens with zero attached hydrogens (tertiary/aromatic N) is 5. The Balaban J connectivity index is 1.31. The topological polar surface area (TPSA) is 98.7 Å². The summed E-state index contributed by atoms with van der Waals surface area (Å²) in [6.45, 7) is 7.00. The van der Waals surface area contributed by atoms with E-state index in [2.05, 4.69) is 20.2 Å². The third kappa shape index (κ3) is 6.45. The first kappa shape index (κ1) is 27.4. The van der Waals surface area contributed by atoms with E-state index in [0.717, 1.165) is 44.3 Å². The summed E-state index contributed by atoms with van der Waals surface area (Å²) in [5.74, 6) is 0.219. The lowest BCUT2D eigenvalue weighted by Crippen LogP contribution is -2.52. The summed E-state index contributed by atoms with van der Waals surface area (Å²) in [5, 5.41) is 3.21. The number of benzene rings is 1. The molecule has 0 saturated carbocycles. The lowest BCUT2D eigenvalue weighted by molar-refractivity contribution is 0.0542. The van der Waals surface area contributed by atoms with Crippen LogP contribution in [0.15, 0.2) is 24.5 Å². The zero-order chi connectivity index (χ0) is 26.7. The van der Waals surface area contributed by atoms with Crippen molar-refractivity contribution in [2.75, 3.05) is 44.8 Å². The number of carbonyl (C=O) groups is 1. The number of sulfonamides is 1. The molecule has 0 radical (unpaired) electrons. The van der Waals surface area contributed by atoms with Crippen molar-refractivity contribution in [1.82, 2.24) is 24.1 Å². The van der Waals surface area contributed by atoms with Crippen LogP contribution in [-0.2, 0) is 16.6 Å². The van der Waals surface area contributed by atoms with Gasteiger partial charge in [-0.1, -0.05) is 12.1 Å². The van der Waals surface area contributed by atoms with E-state index in [-0.39, 0.29) is 17.8 Å². The van der Waals surface area contributed by atoms with Crippen LogP contribution >= 0.6 is 0 Å². The van der Waals surface area contributed by atoms with Gasteiger partial charge in [-0.25, -0.2) is 27.1 Å². The van der Waals surface area contributed by atoms with Crippen LogP contribution in [0.25, 0.3) is 0 Å². The van der Waals surface area contributed by atoms with Crippen molar-refractivity contribution < 1.29 is 17.6 Å². The van der Waals surface area contributed by atoms with E-state index in [1.165, 1.54) is 23.0 Å². The van der Waals surface area contributed by atoms with Gasteiger partial charge in [0.2, 0.25) is 10.0 Å². The maximum Gasteiger partial charge on any atom is 0.272 e. The molecule has 0 aliphatic carbocycles. The fourth-order valence-corrected chi connectivity index (χ4v) is 6.00. The molecular formula is C26H37FN6O3S. The largest absolute Gasteiger partial charge is 0.366 e. The minimum Gasteiger partial charge on any atom is -0.366 e. The number of halogens is 1. The van der Waals surface area contributed by atoms with Crippen LogP contribution in [0.5, 0.6) is 0 Å². The molecule has 0 bridgehead atoms. The molecule has 1 N–H and O–H groups in total. The van der Waals surface area contributed by atoms with Gasteiger partial charge in [-0.2, -0.15) is 0 Å². The Labute approximate surface area is 219 Å². The van der Waals surface area contributed by atoms with Gasteiger partial charge in [-0.05, 0) is 69.8 Å². The minimum absolute atomic E-state index is 0.0569. The van der Waals surface area contributed by atoms with E-state index in [4.69, 9.17) is 0 Å². The van der Waals surface area contributed by atoms with Crippen LogP contribution in [0.1, 0.15) is 52.9 Å². The normalized spacial score (nSPS) is 18.4. The molecule has 11 heteroatoms. The third-order valence-electron chi connectivity index (χ3n) is 7.79. The molecule has 202 valence electrons. The van der Waals surface area contributed by atoms with Gasteiger partial charge in [0.15, 0.2) is 0 Å². The van der Waals surface area contributed by atoms with Crippen LogP contribution in [-0.4, -0.2) is 90.0 Å². The Morgan fingerprint density at radius 2 is 1.78 bits per heavy atom. The Morgan fingerprint density at radius 1 is 1.11 bits per heavy atom. The summed E-state index contributed by atoms with van der Waals surface area (Å²) in [6.07, 6.45) is 6.07. The molecule has 2 fully saturated rings. The van der Waals surface area contributed by atoms with Crippen molar-refractivity contribution in [3.05, 3.63) is 52.7 Å². The van der Waals surface area contributed by atoms with E-state index in [1.54, 1.807) is 20.0 Å². The minimum atomic E-state index is -3.18. The standard InChI is InChI=1S/C26H37FN6O3S/c1-18-5-6-20(15-23(18)27)16-28-25-19(2)24(29-17-30-25)26(34)33-13-9-22(10-14-33)32-11-7-21(8-12-32)31(3)37(4,35)36/h5-6,15,17,21-22H,7-14,16H2,1-4H3,(H,28,29,30). The molecule has 0 unspecified atom stereocenters. The number of hydrogen-bond acceptors (Lipinski definition) is 7. The summed E-state index contributed by atoms with van der Waals surface area (Å²) in [5.41, 5.74) is 2.46. The Morgan fingerprint density at radius 3 is 2.41 bits per heavy atom. The van der Waals surface area contributed by atoms with Crippen molar-refractivity contribution in [3.63, 3.8) is 0 Å². The van der Waals surface area contributed by atoms with Crippen molar-refractivity contribution >= 4 is 21.7 Å². The SMILES string of the molecule is Cc1ccc(CNc2ncnc(C(=O)N3CCC(N4CCC(N(C)S(C)(=O)=O)CC4)CC3)c2C)cc1F. The van der Waals surface area contributed by atoms with Gasteiger partial charge < -0.3 is 15.1 Å². The van der Waals surface area contributed by atoms with Gasteiger partial charge in [-0.15, -0.1) is 0 Å². The average molecular weight is 533 g/mol. The number of aromatic nitrogens is 2. The molecule has 1 aromatic heterocycles. The summed E-state index contributed by atoms with van der Waals surface area (Å²) in [4.78, 5) is 26.2. The molecule has 37 heavy (non-hydrogen) atoms. The molecule has 0 atom stereocenters. The smallest absolute Gasteiger partial charge is 0.272 e. The van der Waals surface area contributed by atoms with Gasteiger partial charge in [0.1, 0.15) is 23.7 Å². The van der Waals surface area contributed by atoms with Crippen LogP contribution in [0.2, 0.25) is 0 Å². The van der Waals surface area contributed by atoms with Gasteiger partial charge >= 0.3 is 0 Å². The summed E-state index contributed by atoms with van der Waals surface area (Å²) >= 11 is 0. The second kappa shape index (κ2) is 11.4. The van der Waals surface area contributed by atoms with Crippen molar-refractivity contribution in [1.29, 1.82) is 0 Å². The van der Waals surface area contributed by atoms with Crippen LogP contribution in [0.4, 0.5) is 10.2 Å². The second-order valence-electron chi connectivity index (χ2n) is 10.2. The molecular weight excluding hydrogens is 495 g/mol. The Bertz CT molecular complexity index is 1220. The van der Waals surface area contributed by atoms with E-state index < -0.39 is 10.0 Å². The molecule has 9 nitrogen and oxygen atoms in total. The Kier molecular flexibility index (Phi) is 8.45. The van der Waals surface area contributed by atoms with Gasteiger partial charge in [0.05, 0.1) is 6.26 Å².